The molecule has 2 N–H and O–H groups in total. The van der Waals surface area contributed by atoms with E-state index >= 15 is 0 Å². The zero-order chi connectivity index (χ0) is 11.4. The maximum atomic E-state index is 8.82. The number of nitrogens with zero attached hydrogens (tertiary/aromatic N) is 4. The van der Waals surface area contributed by atoms with Crippen molar-refractivity contribution in [3.05, 3.63) is 11.6 Å². The van der Waals surface area contributed by atoms with Crippen LogP contribution in [0.5, 0.6) is 0 Å². The van der Waals surface area contributed by atoms with Gasteiger partial charge in [-0.25, -0.2) is 15.0 Å². The first-order valence-electron chi connectivity index (χ1n) is 5.00. The molecule has 0 aromatic carbocycles. The smallest absolute Gasteiger partial charge is 0.188 e. The van der Waals surface area contributed by atoms with Gasteiger partial charge in [0.2, 0.25) is 0 Å². The molecule has 2 rings (SSSR count). The number of fused-ring (bicyclic) bond motifs is 1. The SMILES string of the molecule is C/C(=C\CN=C1NC=N[C@@H]2N=CN=C12)CO. The standard InChI is InChI=1S/C10H13N5O/c1-7(4-16)2-3-11-9-8-10(13-5-12-8)15-6-14-9/h2,5-6,10,16H,3-4H2,1H3,(H,11,14,15)/b7-2+/t10-/m0/s1. The van der Waals surface area contributed by atoms with Crippen LogP contribution in [0.1, 0.15) is 6.92 Å². The second-order valence-electron chi connectivity index (χ2n) is 3.47. The van der Waals surface area contributed by atoms with Crippen LogP contribution in [0.3, 0.4) is 0 Å². The van der Waals surface area contributed by atoms with Crippen molar-refractivity contribution in [2.75, 3.05) is 13.2 Å². The average molecular weight is 219 g/mol. The topological polar surface area (TPSA) is 81.7 Å². The molecule has 0 bridgehead atoms. The summed E-state index contributed by atoms with van der Waals surface area (Å²) >= 11 is 0. The van der Waals surface area contributed by atoms with Crippen LogP contribution in [0.4, 0.5) is 0 Å². The van der Waals surface area contributed by atoms with Gasteiger partial charge in [0.05, 0.1) is 19.5 Å². The molecule has 0 aromatic rings. The van der Waals surface area contributed by atoms with Gasteiger partial charge in [0.25, 0.3) is 0 Å². The zero-order valence-electron chi connectivity index (χ0n) is 8.96. The Morgan fingerprint density at radius 3 is 3.31 bits per heavy atom. The molecular weight excluding hydrogens is 206 g/mol. The second-order valence-corrected chi connectivity index (χ2v) is 3.47. The zero-order valence-corrected chi connectivity index (χ0v) is 8.96. The van der Waals surface area contributed by atoms with Crippen LogP contribution >= 0.6 is 0 Å². The molecule has 0 saturated heterocycles. The second kappa shape index (κ2) is 4.80. The van der Waals surface area contributed by atoms with Crippen molar-refractivity contribution in [1.82, 2.24) is 5.32 Å². The summed E-state index contributed by atoms with van der Waals surface area (Å²) in [5, 5.41) is 11.8. The Hall–Kier alpha value is -1.82. The molecular formula is C10H13N5O. The van der Waals surface area contributed by atoms with Crippen LogP contribution in [0.25, 0.3) is 0 Å². The minimum absolute atomic E-state index is 0.0619. The van der Waals surface area contributed by atoms with Crippen LogP contribution in [0.2, 0.25) is 0 Å². The van der Waals surface area contributed by atoms with Gasteiger partial charge in [-0.2, -0.15) is 0 Å². The highest BCUT2D eigenvalue weighted by atomic mass is 16.3. The van der Waals surface area contributed by atoms with Gasteiger partial charge in [-0.3, -0.25) is 4.99 Å². The van der Waals surface area contributed by atoms with Gasteiger partial charge < -0.3 is 10.4 Å². The molecule has 1 atom stereocenters. The minimum atomic E-state index is -0.233. The highest BCUT2D eigenvalue weighted by Crippen LogP contribution is 2.06. The van der Waals surface area contributed by atoms with Crippen LogP contribution < -0.4 is 5.32 Å². The third-order valence-electron chi connectivity index (χ3n) is 2.25. The number of rotatable bonds is 3. The Bertz CT molecular complexity index is 419. The summed E-state index contributed by atoms with van der Waals surface area (Å²) in [7, 11) is 0. The molecule has 0 amide bonds. The van der Waals surface area contributed by atoms with Crippen LogP contribution in [-0.2, 0) is 0 Å². The highest BCUT2D eigenvalue weighted by molar-refractivity contribution is 6.47. The summed E-state index contributed by atoms with van der Waals surface area (Å²) in [5.41, 5.74) is 1.65. The van der Waals surface area contributed by atoms with Gasteiger partial charge in [0.1, 0.15) is 12.1 Å². The van der Waals surface area contributed by atoms with E-state index in [1.807, 2.05) is 13.0 Å². The fourth-order valence-electron chi connectivity index (χ4n) is 1.32. The summed E-state index contributed by atoms with van der Waals surface area (Å²) in [6.07, 6.45) is 4.71. The molecule has 2 heterocycles. The van der Waals surface area contributed by atoms with Crippen molar-refractivity contribution < 1.29 is 5.11 Å². The Morgan fingerprint density at radius 1 is 1.62 bits per heavy atom. The number of nitrogens with one attached hydrogen (secondary N) is 1. The number of aliphatic imine (C=N–C) groups is 4. The Morgan fingerprint density at radius 2 is 2.50 bits per heavy atom. The van der Waals surface area contributed by atoms with E-state index in [4.69, 9.17) is 5.11 Å². The van der Waals surface area contributed by atoms with E-state index in [0.29, 0.717) is 12.4 Å². The molecule has 6 nitrogen and oxygen atoms in total. The quantitative estimate of drug-likeness (QED) is 0.642. The summed E-state index contributed by atoms with van der Waals surface area (Å²) in [4.78, 5) is 16.6. The molecule has 2 aliphatic heterocycles. The molecule has 0 aromatic heterocycles. The molecule has 84 valence electrons. The first-order chi connectivity index (χ1) is 7.81. The Kier molecular flexibility index (Phi) is 3.21. The molecule has 2 aliphatic rings. The van der Waals surface area contributed by atoms with E-state index in [0.717, 1.165) is 11.3 Å². The van der Waals surface area contributed by atoms with Gasteiger partial charge in [-0.05, 0) is 6.92 Å². The van der Waals surface area contributed by atoms with Gasteiger partial charge in [-0.15, -0.1) is 0 Å². The number of aliphatic hydroxyl groups excluding tert-OH is 1. The monoisotopic (exact) mass is 219 g/mol. The predicted octanol–water partition coefficient (Wildman–Crippen LogP) is -0.236. The maximum absolute atomic E-state index is 8.82. The first-order valence-corrected chi connectivity index (χ1v) is 5.00. The third-order valence-corrected chi connectivity index (χ3v) is 2.25. The van der Waals surface area contributed by atoms with Crippen LogP contribution in [-0.4, -0.2) is 48.6 Å². The van der Waals surface area contributed by atoms with Crippen molar-refractivity contribution in [1.29, 1.82) is 0 Å². The molecule has 0 radical (unpaired) electrons. The lowest BCUT2D eigenvalue weighted by Gasteiger charge is -2.14. The summed E-state index contributed by atoms with van der Waals surface area (Å²) < 4.78 is 0. The van der Waals surface area contributed by atoms with Crippen molar-refractivity contribution in [2.24, 2.45) is 20.0 Å². The van der Waals surface area contributed by atoms with Gasteiger partial charge >= 0.3 is 0 Å². The predicted molar refractivity (Wildman–Crippen MR) is 64.5 cm³/mol. The number of aliphatic hydroxyl groups is 1. The van der Waals surface area contributed by atoms with Crippen molar-refractivity contribution >= 4 is 24.2 Å². The molecule has 0 spiro atoms. The van der Waals surface area contributed by atoms with Crippen LogP contribution in [0.15, 0.2) is 31.6 Å². The van der Waals surface area contributed by atoms with Gasteiger partial charge in [-0.1, -0.05) is 11.6 Å². The maximum Gasteiger partial charge on any atom is 0.188 e. The number of hydrogen-bond acceptors (Lipinski definition) is 5. The summed E-state index contributed by atoms with van der Waals surface area (Å²) in [5.74, 6) is 0.694. The van der Waals surface area contributed by atoms with E-state index < -0.39 is 0 Å². The van der Waals surface area contributed by atoms with Gasteiger partial charge in [0.15, 0.2) is 12.0 Å². The Balaban J connectivity index is 2.05. The van der Waals surface area contributed by atoms with Crippen molar-refractivity contribution in [3.8, 4) is 0 Å². The first kappa shape index (κ1) is 10.7. The Labute approximate surface area is 93.2 Å². The largest absolute Gasteiger partial charge is 0.392 e. The molecule has 16 heavy (non-hydrogen) atoms. The van der Waals surface area contributed by atoms with Crippen LogP contribution in [0, 0.1) is 0 Å². The van der Waals surface area contributed by atoms with E-state index in [-0.39, 0.29) is 12.8 Å². The molecule has 6 heteroatoms. The summed E-state index contributed by atoms with van der Waals surface area (Å²) in [6, 6.07) is 0. The van der Waals surface area contributed by atoms with Crippen molar-refractivity contribution in [2.45, 2.75) is 13.1 Å². The van der Waals surface area contributed by atoms with Gasteiger partial charge in [0, 0.05) is 0 Å². The highest BCUT2D eigenvalue weighted by Gasteiger charge is 2.24. The number of amidine groups is 1. The lowest BCUT2D eigenvalue weighted by molar-refractivity contribution is 0.331. The third kappa shape index (κ3) is 2.22. The van der Waals surface area contributed by atoms with E-state index in [1.54, 1.807) is 6.34 Å². The van der Waals surface area contributed by atoms with E-state index in [9.17, 15) is 0 Å². The minimum Gasteiger partial charge on any atom is -0.392 e. The van der Waals surface area contributed by atoms with E-state index in [1.165, 1.54) is 6.34 Å². The fourth-order valence-corrected chi connectivity index (χ4v) is 1.32. The molecule has 0 fully saturated rings. The summed E-state index contributed by atoms with van der Waals surface area (Å²) in [6.45, 7) is 2.43. The normalized spacial score (nSPS) is 25.6. The molecule has 0 aliphatic carbocycles. The fraction of sp³-hybridized carbons (Fsp3) is 0.400. The lowest BCUT2D eigenvalue weighted by atomic mass is 10.2. The number of hydrogen-bond donors (Lipinski definition) is 2. The molecule has 0 saturated carbocycles. The molecule has 0 unspecified atom stereocenters. The van der Waals surface area contributed by atoms with E-state index in [2.05, 4.69) is 25.3 Å². The average Bonchev–Trinajstić information content (AvgIpc) is 2.77. The lowest BCUT2D eigenvalue weighted by Crippen LogP contribution is -2.39. The van der Waals surface area contributed by atoms with Crippen molar-refractivity contribution in [3.63, 3.8) is 0 Å².